The molecule has 2 heterocycles. The summed E-state index contributed by atoms with van der Waals surface area (Å²) in [5.74, 6) is -1.56. The third kappa shape index (κ3) is 4.97. The number of imidazole rings is 1. The molecule has 11 nitrogen and oxygen atoms in total. The predicted octanol–water partition coefficient (Wildman–Crippen LogP) is 0.885. The van der Waals surface area contributed by atoms with Gasteiger partial charge in [-0.1, -0.05) is 23.7 Å². The number of carbonyl (C=O) groups is 3. The van der Waals surface area contributed by atoms with E-state index in [1.807, 2.05) is 0 Å². The molecule has 1 atom stereocenters. The van der Waals surface area contributed by atoms with Crippen LogP contribution in [0.2, 0.25) is 5.02 Å². The number of nitrogens with two attached hydrogens (primary N) is 1. The number of aliphatic hydroxyl groups excluding tert-OH is 1. The number of hydrogen-bond donors (Lipinski definition) is 3. The van der Waals surface area contributed by atoms with Gasteiger partial charge in [-0.05, 0) is 44.4 Å². The van der Waals surface area contributed by atoms with Crippen LogP contribution in [0.3, 0.4) is 0 Å². The molecule has 1 aliphatic heterocycles. The van der Waals surface area contributed by atoms with Gasteiger partial charge in [0.2, 0.25) is 5.91 Å². The summed E-state index contributed by atoms with van der Waals surface area (Å²) in [4.78, 5) is 42.9. The molecule has 0 unspecified atom stereocenters. The van der Waals surface area contributed by atoms with Crippen LogP contribution in [0.15, 0.2) is 30.5 Å². The van der Waals surface area contributed by atoms with Crippen molar-refractivity contribution >= 4 is 39.2 Å². The van der Waals surface area contributed by atoms with Gasteiger partial charge in [0.05, 0.1) is 28.2 Å². The minimum Gasteiger partial charge on any atom is -0.391 e. The number of fused-ring (bicyclic) bond motifs is 1. The van der Waals surface area contributed by atoms with Crippen LogP contribution in [0, 0.1) is 0 Å². The molecule has 0 bridgehead atoms. The van der Waals surface area contributed by atoms with Crippen molar-refractivity contribution in [1.29, 1.82) is 0 Å². The molecule has 2 aliphatic rings. The normalized spacial score (nSPS) is 17.7. The summed E-state index contributed by atoms with van der Waals surface area (Å²) < 4.78 is 25.8. The molecular weight excluding hydrogens is 522 g/mol. The highest BCUT2D eigenvalue weighted by Crippen LogP contribution is 2.50. The zero-order valence-electron chi connectivity index (χ0n) is 20.6. The molecule has 1 aliphatic carbocycles. The summed E-state index contributed by atoms with van der Waals surface area (Å²) in [7, 11) is -3.96. The number of primary amides is 1. The lowest BCUT2D eigenvalue weighted by atomic mass is 10.0. The Morgan fingerprint density at radius 3 is 2.49 bits per heavy atom. The van der Waals surface area contributed by atoms with Crippen LogP contribution in [-0.4, -0.2) is 74.4 Å². The Balaban J connectivity index is 1.46. The van der Waals surface area contributed by atoms with Gasteiger partial charge >= 0.3 is 0 Å². The molecule has 0 saturated heterocycles. The molecule has 1 aromatic heterocycles. The molecule has 37 heavy (non-hydrogen) atoms. The molecule has 1 fully saturated rings. The first-order valence-electron chi connectivity index (χ1n) is 11.9. The minimum absolute atomic E-state index is 0.0514. The molecule has 200 valence electrons. The minimum atomic E-state index is -3.96. The lowest BCUT2D eigenvalue weighted by Gasteiger charge is -2.37. The maximum Gasteiger partial charge on any atom is 0.287 e. The van der Waals surface area contributed by atoms with Gasteiger partial charge in [0, 0.05) is 31.2 Å². The first-order valence-corrected chi connectivity index (χ1v) is 13.7. The van der Waals surface area contributed by atoms with Gasteiger partial charge in [-0.2, -0.15) is 0 Å². The second-order valence-electron chi connectivity index (χ2n) is 10.1. The van der Waals surface area contributed by atoms with E-state index in [1.54, 1.807) is 24.3 Å². The van der Waals surface area contributed by atoms with Gasteiger partial charge in [-0.25, -0.2) is 13.4 Å². The van der Waals surface area contributed by atoms with Gasteiger partial charge < -0.3 is 25.6 Å². The molecule has 0 spiro atoms. The van der Waals surface area contributed by atoms with Gasteiger partial charge in [0.15, 0.2) is 15.7 Å². The zero-order valence-corrected chi connectivity index (χ0v) is 22.2. The SMILES string of the molecule is CC(C)([C@H](O)CC(N)=O)S(=O)(=O)C1(CN2CCn3c(cnc3C(=O)NCc3ccc(Cl)cc3)C2=O)CC1. The molecular formula is C24H30ClN5O6S. The summed E-state index contributed by atoms with van der Waals surface area (Å²) in [6.45, 7) is 3.42. The zero-order chi connectivity index (χ0) is 27.2. The van der Waals surface area contributed by atoms with Gasteiger partial charge in [0.25, 0.3) is 11.8 Å². The first-order chi connectivity index (χ1) is 17.3. The fraction of sp³-hybridized carbons (Fsp3) is 0.500. The molecule has 1 saturated carbocycles. The third-order valence-corrected chi connectivity index (χ3v) is 10.9. The van der Waals surface area contributed by atoms with E-state index < -0.39 is 49.6 Å². The van der Waals surface area contributed by atoms with Crippen LogP contribution in [0.5, 0.6) is 0 Å². The number of sulfone groups is 1. The standard InChI is InChI=1S/C24H30ClN5O6S/c1-23(2,18(31)11-19(26)32)37(35,36)24(7-8-24)14-29-9-10-30-17(22(29)34)13-27-20(30)21(33)28-12-15-3-5-16(25)6-4-15/h3-6,13,18,31H,7-12,14H2,1-2H3,(H2,26,32)(H,28,33)/t18-/m1/s1. The topological polar surface area (TPSA) is 165 Å². The summed E-state index contributed by atoms with van der Waals surface area (Å²) in [5, 5.41) is 13.8. The van der Waals surface area contributed by atoms with E-state index in [9.17, 15) is 27.9 Å². The first kappa shape index (κ1) is 27.1. The number of carbonyl (C=O) groups excluding carboxylic acids is 3. The fourth-order valence-electron chi connectivity index (χ4n) is 4.63. The van der Waals surface area contributed by atoms with Crippen molar-refractivity contribution in [2.24, 2.45) is 5.73 Å². The second kappa shape index (κ2) is 9.73. The van der Waals surface area contributed by atoms with Gasteiger partial charge in [-0.3, -0.25) is 14.4 Å². The lowest BCUT2D eigenvalue weighted by Crippen LogP contribution is -2.55. The van der Waals surface area contributed by atoms with Crippen LogP contribution >= 0.6 is 11.6 Å². The number of aromatic nitrogens is 2. The second-order valence-corrected chi connectivity index (χ2v) is 13.5. The molecule has 13 heteroatoms. The number of amides is 3. The smallest absolute Gasteiger partial charge is 0.287 e. The molecule has 4 rings (SSSR count). The number of benzene rings is 1. The number of rotatable bonds is 10. The van der Waals surface area contributed by atoms with Crippen LogP contribution in [0.25, 0.3) is 0 Å². The van der Waals surface area contributed by atoms with Crippen LogP contribution < -0.4 is 11.1 Å². The van der Waals surface area contributed by atoms with Crippen molar-refractivity contribution in [2.45, 2.75) is 61.8 Å². The molecule has 2 aromatic rings. The Morgan fingerprint density at radius 1 is 1.24 bits per heavy atom. The molecule has 3 amide bonds. The number of hydrogen-bond acceptors (Lipinski definition) is 7. The van der Waals surface area contributed by atoms with E-state index >= 15 is 0 Å². The monoisotopic (exact) mass is 551 g/mol. The van der Waals surface area contributed by atoms with E-state index in [0.29, 0.717) is 17.9 Å². The Hall–Kier alpha value is -2.96. The van der Waals surface area contributed by atoms with Crippen molar-refractivity contribution in [3.63, 3.8) is 0 Å². The van der Waals surface area contributed by atoms with E-state index in [0.717, 1.165) is 5.56 Å². The number of halogens is 1. The molecule has 0 radical (unpaired) electrons. The van der Waals surface area contributed by atoms with Crippen molar-refractivity contribution in [3.05, 3.63) is 52.6 Å². The summed E-state index contributed by atoms with van der Waals surface area (Å²) >= 11 is 5.89. The van der Waals surface area contributed by atoms with E-state index in [2.05, 4.69) is 10.3 Å². The van der Waals surface area contributed by atoms with E-state index in [-0.39, 0.29) is 37.7 Å². The van der Waals surface area contributed by atoms with Crippen molar-refractivity contribution < 1.29 is 27.9 Å². The Bertz CT molecular complexity index is 1330. The Morgan fingerprint density at radius 2 is 1.89 bits per heavy atom. The fourth-order valence-corrected chi connectivity index (χ4v) is 7.27. The van der Waals surface area contributed by atoms with Crippen molar-refractivity contribution in [1.82, 2.24) is 19.8 Å². The number of nitrogens with one attached hydrogen (secondary N) is 1. The summed E-state index contributed by atoms with van der Waals surface area (Å²) in [6.07, 6.45) is 0.0418. The van der Waals surface area contributed by atoms with Crippen molar-refractivity contribution in [2.75, 3.05) is 13.1 Å². The van der Waals surface area contributed by atoms with Crippen LogP contribution in [0.4, 0.5) is 0 Å². The van der Waals surface area contributed by atoms with Crippen LogP contribution in [-0.2, 0) is 27.7 Å². The van der Waals surface area contributed by atoms with Crippen LogP contribution in [0.1, 0.15) is 59.8 Å². The quantitative estimate of drug-likeness (QED) is 0.394. The lowest BCUT2D eigenvalue weighted by molar-refractivity contribution is -0.120. The van der Waals surface area contributed by atoms with E-state index in [1.165, 1.54) is 29.5 Å². The predicted molar refractivity (Wildman–Crippen MR) is 136 cm³/mol. The molecule has 1 aromatic carbocycles. The van der Waals surface area contributed by atoms with Gasteiger partial charge in [0.1, 0.15) is 5.69 Å². The highest BCUT2D eigenvalue weighted by Gasteiger charge is 2.62. The average Bonchev–Trinajstić information content (AvgIpc) is 3.50. The Kier molecular flexibility index (Phi) is 7.12. The number of nitrogens with zero attached hydrogens (tertiary/aromatic N) is 3. The summed E-state index contributed by atoms with van der Waals surface area (Å²) in [6, 6.07) is 7.03. The Labute approximate surface area is 219 Å². The van der Waals surface area contributed by atoms with Gasteiger partial charge in [-0.15, -0.1) is 0 Å². The largest absolute Gasteiger partial charge is 0.391 e. The average molecular weight is 552 g/mol. The number of aliphatic hydroxyl groups is 1. The maximum atomic E-state index is 13.6. The molecule has 4 N–H and O–H groups in total. The highest BCUT2D eigenvalue weighted by atomic mass is 35.5. The summed E-state index contributed by atoms with van der Waals surface area (Å²) in [5.41, 5.74) is 6.21. The highest BCUT2D eigenvalue weighted by molar-refractivity contribution is 7.94. The third-order valence-electron chi connectivity index (χ3n) is 7.27. The maximum absolute atomic E-state index is 13.6. The van der Waals surface area contributed by atoms with Crippen molar-refractivity contribution in [3.8, 4) is 0 Å². The van der Waals surface area contributed by atoms with E-state index in [4.69, 9.17) is 17.3 Å².